The number of amides is 3. The Morgan fingerprint density at radius 3 is 2.77 bits per heavy atom. The van der Waals surface area contributed by atoms with Crippen molar-refractivity contribution in [1.82, 2.24) is 34.8 Å². The summed E-state index contributed by atoms with van der Waals surface area (Å²) in [6.45, 7) is 4.87. The summed E-state index contributed by atoms with van der Waals surface area (Å²) in [5.41, 5.74) is 5.04. The van der Waals surface area contributed by atoms with Crippen LogP contribution in [0.4, 0.5) is 0 Å². The highest BCUT2D eigenvalue weighted by Crippen LogP contribution is 2.29. The van der Waals surface area contributed by atoms with Crippen molar-refractivity contribution in [3.63, 3.8) is 0 Å². The van der Waals surface area contributed by atoms with Crippen LogP contribution >= 0.6 is 0 Å². The molecule has 0 spiro atoms. The van der Waals surface area contributed by atoms with Gasteiger partial charge in [0.1, 0.15) is 11.7 Å². The highest BCUT2D eigenvalue weighted by Gasteiger charge is 2.39. The second-order valence-electron chi connectivity index (χ2n) is 7.94. The fourth-order valence-corrected chi connectivity index (χ4v) is 4.08. The van der Waals surface area contributed by atoms with E-state index in [0.29, 0.717) is 25.1 Å². The first-order chi connectivity index (χ1) is 14.9. The summed E-state index contributed by atoms with van der Waals surface area (Å²) in [7, 11) is 0. The first-order valence-electron chi connectivity index (χ1n) is 10.1. The number of imide groups is 1. The Morgan fingerprint density at radius 1 is 1.19 bits per heavy atom. The van der Waals surface area contributed by atoms with Gasteiger partial charge in [0.25, 0.3) is 5.91 Å². The molecule has 158 valence electrons. The molecule has 1 fully saturated rings. The molecule has 1 unspecified atom stereocenters. The second kappa shape index (κ2) is 7.15. The SMILES string of the molecule is Cc1ncn(Cc2cn(-c3ccc4c(c3)CN(C3CCC(=O)NC3=O)C4=O)nn2)c1C. The number of aromatic nitrogens is 5. The number of hydrogen-bond donors (Lipinski definition) is 1. The first kappa shape index (κ1) is 19.2. The average molecular weight is 419 g/mol. The molecule has 5 rings (SSSR count). The Morgan fingerprint density at radius 2 is 2.03 bits per heavy atom. The van der Waals surface area contributed by atoms with Crippen molar-refractivity contribution in [1.29, 1.82) is 0 Å². The van der Waals surface area contributed by atoms with Crippen molar-refractivity contribution >= 4 is 17.7 Å². The van der Waals surface area contributed by atoms with Gasteiger partial charge in [0, 0.05) is 24.2 Å². The van der Waals surface area contributed by atoms with Gasteiger partial charge in [-0.05, 0) is 44.0 Å². The summed E-state index contributed by atoms with van der Waals surface area (Å²) < 4.78 is 3.69. The van der Waals surface area contributed by atoms with Crippen molar-refractivity contribution in [2.24, 2.45) is 0 Å². The third kappa shape index (κ3) is 3.29. The molecule has 3 amide bonds. The van der Waals surface area contributed by atoms with Crippen LogP contribution in [0.5, 0.6) is 0 Å². The summed E-state index contributed by atoms with van der Waals surface area (Å²) >= 11 is 0. The summed E-state index contributed by atoms with van der Waals surface area (Å²) in [6.07, 6.45) is 4.22. The van der Waals surface area contributed by atoms with Gasteiger partial charge in [-0.3, -0.25) is 19.7 Å². The number of carbonyl (C=O) groups excluding carboxylic acids is 3. The molecule has 0 aliphatic carbocycles. The van der Waals surface area contributed by atoms with Crippen LogP contribution in [0.3, 0.4) is 0 Å². The molecule has 2 aliphatic heterocycles. The maximum atomic E-state index is 12.8. The minimum Gasteiger partial charge on any atom is -0.328 e. The first-order valence-corrected chi connectivity index (χ1v) is 10.1. The number of nitrogens with zero attached hydrogens (tertiary/aromatic N) is 6. The molecule has 0 bridgehead atoms. The lowest BCUT2D eigenvalue weighted by Crippen LogP contribution is -2.52. The lowest BCUT2D eigenvalue weighted by Gasteiger charge is -2.29. The maximum absolute atomic E-state index is 12.8. The van der Waals surface area contributed by atoms with E-state index in [2.05, 4.69) is 20.6 Å². The molecule has 31 heavy (non-hydrogen) atoms. The van der Waals surface area contributed by atoms with Crippen molar-refractivity contribution < 1.29 is 14.4 Å². The molecule has 1 N–H and O–H groups in total. The van der Waals surface area contributed by atoms with Crippen molar-refractivity contribution in [3.8, 4) is 5.69 Å². The molecule has 1 aromatic carbocycles. The van der Waals surface area contributed by atoms with Crippen molar-refractivity contribution in [2.75, 3.05) is 0 Å². The molecular formula is C21H21N7O3. The normalized spacial score (nSPS) is 18.5. The number of benzene rings is 1. The zero-order valence-electron chi connectivity index (χ0n) is 17.2. The zero-order chi connectivity index (χ0) is 21.7. The van der Waals surface area contributed by atoms with Gasteiger partial charge in [0.2, 0.25) is 11.8 Å². The lowest BCUT2D eigenvalue weighted by molar-refractivity contribution is -0.136. The van der Waals surface area contributed by atoms with Crippen LogP contribution in [0.25, 0.3) is 5.69 Å². The highest BCUT2D eigenvalue weighted by atomic mass is 16.2. The number of imidazole rings is 1. The molecular weight excluding hydrogens is 398 g/mol. The molecule has 4 heterocycles. The molecule has 0 radical (unpaired) electrons. The molecule has 10 heteroatoms. The van der Waals surface area contributed by atoms with Gasteiger partial charge in [0.15, 0.2) is 0 Å². The number of carbonyl (C=O) groups is 3. The van der Waals surface area contributed by atoms with E-state index >= 15 is 0 Å². The van der Waals surface area contributed by atoms with Gasteiger partial charge >= 0.3 is 0 Å². The number of fused-ring (bicyclic) bond motifs is 1. The molecule has 2 aliphatic rings. The number of hydrogen-bond acceptors (Lipinski definition) is 6. The van der Waals surface area contributed by atoms with E-state index in [1.807, 2.05) is 36.7 Å². The fraction of sp³-hybridized carbons (Fsp3) is 0.333. The summed E-state index contributed by atoms with van der Waals surface area (Å²) in [6, 6.07) is 4.84. The summed E-state index contributed by atoms with van der Waals surface area (Å²) in [5.74, 6) is -0.902. The summed E-state index contributed by atoms with van der Waals surface area (Å²) in [5, 5.41) is 10.8. The van der Waals surface area contributed by atoms with Crippen LogP contribution in [-0.2, 0) is 22.7 Å². The molecule has 3 aromatic rings. The third-order valence-corrected chi connectivity index (χ3v) is 5.99. The number of nitrogens with one attached hydrogen (secondary N) is 1. The largest absolute Gasteiger partial charge is 0.328 e. The molecule has 1 saturated heterocycles. The smallest absolute Gasteiger partial charge is 0.255 e. The maximum Gasteiger partial charge on any atom is 0.255 e. The monoisotopic (exact) mass is 419 g/mol. The van der Waals surface area contributed by atoms with E-state index in [0.717, 1.165) is 28.3 Å². The minimum absolute atomic E-state index is 0.193. The van der Waals surface area contributed by atoms with E-state index in [4.69, 9.17) is 0 Å². The van der Waals surface area contributed by atoms with Crippen LogP contribution in [0.15, 0.2) is 30.7 Å². The standard InChI is InChI=1S/C21H21N7O3/c1-12-13(2)26(11-22-12)9-15-10-28(25-24-15)16-3-4-17-14(7-16)8-27(21(17)31)18-5-6-19(29)23-20(18)30/h3-4,7,10-11,18H,5-6,8-9H2,1-2H3,(H,23,29,30). The predicted molar refractivity (Wildman–Crippen MR) is 108 cm³/mol. The Balaban J connectivity index is 1.36. The van der Waals surface area contributed by atoms with Gasteiger partial charge < -0.3 is 9.47 Å². The quantitative estimate of drug-likeness (QED) is 0.628. The van der Waals surface area contributed by atoms with E-state index in [1.54, 1.807) is 17.1 Å². The van der Waals surface area contributed by atoms with Crippen LogP contribution in [0.1, 0.15) is 45.8 Å². The third-order valence-electron chi connectivity index (χ3n) is 5.99. The van der Waals surface area contributed by atoms with E-state index in [1.165, 1.54) is 4.90 Å². The minimum atomic E-state index is -0.624. The van der Waals surface area contributed by atoms with Crippen LogP contribution in [-0.4, -0.2) is 53.2 Å². The van der Waals surface area contributed by atoms with Gasteiger partial charge in [0.05, 0.1) is 30.5 Å². The summed E-state index contributed by atoms with van der Waals surface area (Å²) in [4.78, 5) is 42.3. The average Bonchev–Trinajstić information content (AvgIpc) is 3.43. The van der Waals surface area contributed by atoms with Crippen molar-refractivity contribution in [2.45, 2.75) is 45.8 Å². The molecule has 2 aromatic heterocycles. The fourth-order valence-electron chi connectivity index (χ4n) is 4.08. The van der Waals surface area contributed by atoms with Gasteiger partial charge in [-0.25, -0.2) is 9.67 Å². The Labute approximate surface area is 177 Å². The molecule has 10 nitrogen and oxygen atoms in total. The van der Waals surface area contributed by atoms with Crippen molar-refractivity contribution in [3.05, 3.63) is 58.9 Å². The second-order valence-corrected chi connectivity index (χ2v) is 7.94. The topological polar surface area (TPSA) is 115 Å². The predicted octanol–water partition coefficient (Wildman–Crippen LogP) is 0.890. The van der Waals surface area contributed by atoms with E-state index in [-0.39, 0.29) is 18.2 Å². The number of aryl methyl sites for hydroxylation is 1. The van der Waals surface area contributed by atoms with Crippen LogP contribution in [0, 0.1) is 13.8 Å². The van der Waals surface area contributed by atoms with Crippen LogP contribution < -0.4 is 5.32 Å². The molecule has 1 atom stereocenters. The number of rotatable bonds is 4. The Hall–Kier alpha value is -3.82. The molecule has 0 saturated carbocycles. The Bertz CT molecular complexity index is 1230. The lowest BCUT2D eigenvalue weighted by atomic mass is 10.0. The zero-order valence-corrected chi connectivity index (χ0v) is 17.2. The number of piperidine rings is 1. The Kier molecular flexibility index (Phi) is 4.42. The van der Waals surface area contributed by atoms with Gasteiger partial charge in [-0.15, -0.1) is 5.10 Å². The van der Waals surface area contributed by atoms with E-state index in [9.17, 15) is 14.4 Å². The van der Waals surface area contributed by atoms with E-state index < -0.39 is 11.9 Å². The van der Waals surface area contributed by atoms with Gasteiger partial charge in [-0.1, -0.05) is 5.21 Å². The highest BCUT2D eigenvalue weighted by molar-refractivity contribution is 6.05. The van der Waals surface area contributed by atoms with Crippen LogP contribution in [0.2, 0.25) is 0 Å². The van der Waals surface area contributed by atoms with Gasteiger partial charge in [-0.2, -0.15) is 0 Å².